The number of hydrogen-bond acceptors (Lipinski definition) is 4. The van der Waals surface area contributed by atoms with Gasteiger partial charge >= 0.3 is 0 Å². The van der Waals surface area contributed by atoms with Gasteiger partial charge in [-0.2, -0.15) is 0 Å². The Hall–Kier alpha value is -1.04. The molecule has 0 spiro atoms. The van der Waals surface area contributed by atoms with Gasteiger partial charge in [0.2, 0.25) is 5.91 Å². The van der Waals surface area contributed by atoms with Crippen molar-refractivity contribution < 1.29 is 4.79 Å². The maximum Gasteiger partial charge on any atom is 0.230 e. The first-order valence-electron chi connectivity index (χ1n) is 6.65. The molecule has 0 bridgehead atoms. The van der Waals surface area contributed by atoms with Crippen LogP contribution in [0.2, 0.25) is 0 Å². The van der Waals surface area contributed by atoms with E-state index in [1.54, 1.807) is 0 Å². The normalized spacial score (nSPS) is 11.6. The molecule has 0 atom stereocenters. The van der Waals surface area contributed by atoms with Crippen LogP contribution in [0.15, 0.2) is 5.16 Å². The molecular weight excluding hydrogens is 260 g/mol. The van der Waals surface area contributed by atoms with Crippen LogP contribution in [0.1, 0.15) is 46.4 Å². The van der Waals surface area contributed by atoms with Crippen molar-refractivity contribution in [3.8, 4) is 0 Å². The Morgan fingerprint density at radius 1 is 1.37 bits per heavy atom. The summed E-state index contributed by atoms with van der Waals surface area (Å²) >= 11 is 1.43. The van der Waals surface area contributed by atoms with Crippen molar-refractivity contribution in [3.63, 3.8) is 0 Å². The van der Waals surface area contributed by atoms with Gasteiger partial charge < -0.3 is 9.88 Å². The molecule has 1 N–H and O–H groups in total. The van der Waals surface area contributed by atoms with Crippen LogP contribution in [0.5, 0.6) is 0 Å². The lowest BCUT2D eigenvalue weighted by Crippen LogP contribution is -2.41. The minimum absolute atomic E-state index is 0.0237. The minimum Gasteiger partial charge on any atom is -0.351 e. The molecule has 0 radical (unpaired) electrons. The van der Waals surface area contributed by atoms with Crippen molar-refractivity contribution in [1.82, 2.24) is 20.1 Å². The van der Waals surface area contributed by atoms with Crippen LogP contribution >= 0.6 is 11.8 Å². The second-order valence-corrected chi connectivity index (χ2v) is 6.59. The zero-order valence-corrected chi connectivity index (χ0v) is 13.3. The van der Waals surface area contributed by atoms with Gasteiger partial charge in [-0.25, -0.2) is 0 Å². The Labute approximate surface area is 119 Å². The van der Waals surface area contributed by atoms with Gasteiger partial charge in [0.05, 0.1) is 5.75 Å². The number of nitrogens with one attached hydrogen (secondary N) is 1. The average Bonchev–Trinajstić information content (AvgIpc) is 2.63. The van der Waals surface area contributed by atoms with Crippen molar-refractivity contribution in [2.75, 3.05) is 5.75 Å². The van der Waals surface area contributed by atoms with Gasteiger partial charge in [0.15, 0.2) is 5.16 Å². The Balaban J connectivity index is 2.50. The molecular formula is C13H24N4OS. The summed E-state index contributed by atoms with van der Waals surface area (Å²) in [5.41, 5.74) is -0.191. The topological polar surface area (TPSA) is 59.8 Å². The van der Waals surface area contributed by atoms with Crippen LogP contribution < -0.4 is 5.32 Å². The fourth-order valence-corrected chi connectivity index (χ4v) is 2.34. The van der Waals surface area contributed by atoms with E-state index >= 15 is 0 Å². The summed E-state index contributed by atoms with van der Waals surface area (Å²) in [4.78, 5) is 11.7. The number of nitrogens with zero attached hydrogens (tertiary/aromatic N) is 3. The number of carbonyl (C=O) groups excluding carboxylic acids is 1. The fourth-order valence-electron chi connectivity index (χ4n) is 1.61. The second kappa shape index (κ2) is 6.93. The quantitative estimate of drug-likeness (QED) is 0.813. The van der Waals surface area contributed by atoms with Gasteiger partial charge in [-0.3, -0.25) is 4.79 Å². The molecule has 0 aromatic carbocycles. The maximum absolute atomic E-state index is 11.7. The summed E-state index contributed by atoms with van der Waals surface area (Å²) in [6.45, 7) is 8.07. The van der Waals surface area contributed by atoms with Gasteiger partial charge in [0.25, 0.3) is 0 Å². The van der Waals surface area contributed by atoms with Crippen LogP contribution in [0.25, 0.3) is 0 Å². The molecule has 0 saturated heterocycles. The van der Waals surface area contributed by atoms with Crippen molar-refractivity contribution in [1.29, 1.82) is 0 Å². The third-order valence-corrected chi connectivity index (χ3v) is 3.55. The lowest BCUT2D eigenvalue weighted by Gasteiger charge is -2.20. The molecule has 6 heteroatoms. The summed E-state index contributed by atoms with van der Waals surface area (Å²) in [6.07, 6.45) is 3.19. The van der Waals surface area contributed by atoms with E-state index in [1.165, 1.54) is 11.8 Å². The first-order valence-corrected chi connectivity index (χ1v) is 7.64. The molecule has 0 aliphatic heterocycles. The Morgan fingerprint density at radius 3 is 2.63 bits per heavy atom. The molecule has 0 aliphatic carbocycles. The molecule has 108 valence electrons. The molecule has 0 fully saturated rings. The summed E-state index contributed by atoms with van der Waals surface area (Å²) in [6, 6.07) is 0. The Kier molecular flexibility index (Phi) is 5.85. The predicted octanol–water partition coefficient (Wildman–Crippen LogP) is 2.16. The summed E-state index contributed by atoms with van der Waals surface area (Å²) < 4.78 is 1.98. The molecule has 0 unspecified atom stereocenters. The highest BCUT2D eigenvalue weighted by atomic mass is 32.2. The zero-order chi connectivity index (χ0) is 14.5. The lowest BCUT2D eigenvalue weighted by atomic mass is 10.1. The monoisotopic (exact) mass is 284 g/mol. The molecule has 1 aromatic heterocycles. The third kappa shape index (κ3) is 5.63. The zero-order valence-electron chi connectivity index (χ0n) is 12.5. The number of unbranched alkanes of at least 4 members (excludes halogenated alkanes) is 1. The summed E-state index contributed by atoms with van der Waals surface area (Å²) in [5.74, 6) is 1.38. The van der Waals surface area contributed by atoms with E-state index in [-0.39, 0.29) is 11.4 Å². The van der Waals surface area contributed by atoms with E-state index in [2.05, 4.69) is 22.4 Å². The highest BCUT2D eigenvalue weighted by Gasteiger charge is 2.15. The number of thioether (sulfide) groups is 1. The van der Waals surface area contributed by atoms with Crippen molar-refractivity contribution in [2.45, 2.75) is 57.7 Å². The molecule has 0 aliphatic rings. The molecule has 1 amide bonds. The standard InChI is InChI=1S/C13H24N4OS/c1-6-7-8-10-15-16-12(17(10)5)19-9-11(18)14-13(2,3)4/h6-9H2,1-5H3,(H,14,18). The second-order valence-electron chi connectivity index (χ2n) is 5.65. The molecule has 1 aromatic rings. The Bertz CT molecular complexity index is 423. The highest BCUT2D eigenvalue weighted by Crippen LogP contribution is 2.16. The summed E-state index contributed by atoms with van der Waals surface area (Å²) in [7, 11) is 1.95. The van der Waals surface area contributed by atoms with E-state index < -0.39 is 0 Å². The first kappa shape index (κ1) is 16.0. The number of hydrogen-bond donors (Lipinski definition) is 1. The van der Waals surface area contributed by atoms with Gasteiger partial charge in [-0.15, -0.1) is 10.2 Å². The molecule has 5 nitrogen and oxygen atoms in total. The number of aromatic nitrogens is 3. The van der Waals surface area contributed by atoms with Gasteiger partial charge in [-0.1, -0.05) is 25.1 Å². The van der Waals surface area contributed by atoms with E-state index in [4.69, 9.17) is 0 Å². The van der Waals surface area contributed by atoms with Crippen LogP contribution in [-0.4, -0.2) is 32.0 Å². The van der Waals surface area contributed by atoms with Crippen LogP contribution in [0.4, 0.5) is 0 Å². The van der Waals surface area contributed by atoms with Crippen molar-refractivity contribution in [2.24, 2.45) is 7.05 Å². The molecule has 0 saturated carbocycles. The van der Waals surface area contributed by atoms with Gasteiger partial charge in [-0.05, 0) is 27.2 Å². The Morgan fingerprint density at radius 2 is 2.05 bits per heavy atom. The van der Waals surface area contributed by atoms with Gasteiger partial charge in [0.1, 0.15) is 5.82 Å². The number of rotatable bonds is 6. The summed E-state index contributed by atoms with van der Waals surface area (Å²) in [5, 5.41) is 12.0. The van der Waals surface area contributed by atoms with E-state index in [0.29, 0.717) is 5.75 Å². The molecule has 19 heavy (non-hydrogen) atoms. The first-order chi connectivity index (χ1) is 8.83. The van der Waals surface area contributed by atoms with E-state index in [0.717, 1.165) is 30.2 Å². The third-order valence-electron chi connectivity index (χ3n) is 2.53. The van der Waals surface area contributed by atoms with Crippen LogP contribution in [-0.2, 0) is 18.3 Å². The smallest absolute Gasteiger partial charge is 0.230 e. The number of amides is 1. The fraction of sp³-hybridized carbons (Fsp3) is 0.769. The molecule has 1 rings (SSSR count). The predicted molar refractivity (Wildman–Crippen MR) is 78.2 cm³/mol. The molecule has 1 heterocycles. The van der Waals surface area contributed by atoms with E-state index in [1.807, 2.05) is 32.4 Å². The lowest BCUT2D eigenvalue weighted by molar-refractivity contribution is -0.119. The van der Waals surface area contributed by atoms with Crippen molar-refractivity contribution in [3.05, 3.63) is 5.82 Å². The van der Waals surface area contributed by atoms with Crippen LogP contribution in [0.3, 0.4) is 0 Å². The van der Waals surface area contributed by atoms with E-state index in [9.17, 15) is 4.79 Å². The van der Waals surface area contributed by atoms with Crippen molar-refractivity contribution >= 4 is 17.7 Å². The average molecular weight is 284 g/mol. The number of aryl methyl sites for hydroxylation is 1. The number of carbonyl (C=O) groups is 1. The highest BCUT2D eigenvalue weighted by molar-refractivity contribution is 7.99. The van der Waals surface area contributed by atoms with Crippen LogP contribution in [0, 0.1) is 0 Å². The van der Waals surface area contributed by atoms with Gasteiger partial charge in [0, 0.05) is 19.0 Å². The SMILES string of the molecule is CCCCc1nnc(SCC(=O)NC(C)(C)C)n1C. The largest absolute Gasteiger partial charge is 0.351 e. The minimum atomic E-state index is -0.191. The maximum atomic E-state index is 11.7.